The van der Waals surface area contributed by atoms with Crippen LogP contribution in [0.25, 0.3) is 0 Å². The summed E-state index contributed by atoms with van der Waals surface area (Å²) in [7, 11) is 0. The van der Waals surface area contributed by atoms with Gasteiger partial charge in [0.05, 0.1) is 0 Å². The Bertz CT molecular complexity index is 441. The molecule has 0 aliphatic heterocycles. The van der Waals surface area contributed by atoms with Gasteiger partial charge in [-0.3, -0.25) is 0 Å². The minimum atomic E-state index is 0.338. The van der Waals surface area contributed by atoms with Crippen molar-refractivity contribution in [1.29, 1.82) is 0 Å². The van der Waals surface area contributed by atoms with Gasteiger partial charge in [0.2, 0.25) is 0 Å². The number of Topliss-reactive ketones (excluding diaryl/α,β-unsaturated/α-hetero) is 1. The minimum absolute atomic E-state index is 0.338. The summed E-state index contributed by atoms with van der Waals surface area (Å²) < 4.78 is 0. The largest absolute Gasteiger partial charge is 0.300 e. The van der Waals surface area contributed by atoms with Crippen LogP contribution in [0.5, 0.6) is 0 Å². The van der Waals surface area contributed by atoms with Crippen molar-refractivity contribution in [3.8, 4) is 0 Å². The van der Waals surface area contributed by atoms with Crippen molar-refractivity contribution in [2.75, 3.05) is 0 Å². The first kappa shape index (κ1) is 21.3. The predicted octanol–water partition coefficient (Wildman–Crippen LogP) is 7.18. The zero-order valence-corrected chi connectivity index (χ0v) is 16.5. The molecule has 0 saturated heterocycles. The van der Waals surface area contributed by atoms with Gasteiger partial charge in [0, 0.05) is 11.3 Å². The molecule has 2 heteroatoms. The monoisotopic (exact) mass is 348 g/mol. The van der Waals surface area contributed by atoms with E-state index in [-0.39, 0.29) is 0 Å². The topological polar surface area (TPSA) is 17.1 Å². The molecule has 0 N–H and O–H groups in total. The second-order valence-electron chi connectivity index (χ2n) is 7.07. The molecule has 0 amide bonds. The zero-order valence-electron chi connectivity index (χ0n) is 15.6. The normalized spacial score (nSPS) is 10.9. The van der Waals surface area contributed by atoms with Crippen molar-refractivity contribution >= 4 is 18.4 Å². The zero-order chi connectivity index (χ0) is 17.5. The highest BCUT2D eigenvalue weighted by molar-refractivity contribution is 7.80. The van der Waals surface area contributed by atoms with Crippen LogP contribution in [0.3, 0.4) is 0 Å². The summed E-state index contributed by atoms with van der Waals surface area (Å²) in [5.74, 6) is 0.338. The second-order valence-corrected chi connectivity index (χ2v) is 7.56. The summed E-state index contributed by atoms with van der Waals surface area (Å²) in [6.45, 7) is 1.69. The number of thiol groups is 1. The number of unbranched alkanes of at least 4 members (excludes halogenated alkanes) is 11. The van der Waals surface area contributed by atoms with Crippen molar-refractivity contribution in [3.05, 3.63) is 29.8 Å². The summed E-state index contributed by atoms with van der Waals surface area (Å²) in [5.41, 5.74) is 1.39. The van der Waals surface area contributed by atoms with E-state index in [0.29, 0.717) is 5.78 Å². The molecule has 0 aliphatic carbocycles. The Balaban J connectivity index is 1.79. The molecule has 24 heavy (non-hydrogen) atoms. The average molecular weight is 349 g/mol. The number of benzene rings is 1. The molecular formula is C22H36OS. The standard InChI is InChI=1S/C22H36OS/c1-20(23)16-12-10-8-6-4-2-3-5-7-9-11-13-17-21-18-14-15-19-22(21)24/h14-15,18-19,24H,2-13,16-17H2,1H3. The first-order valence-electron chi connectivity index (χ1n) is 9.96. The van der Waals surface area contributed by atoms with Crippen LogP contribution in [-0.4, -0.2) is 5.78 Å². The van der Waals surface area contributed by atoms with Crippen molar-refractivity contribution < 1.29 is 4.79 Å². The maximum absolute atomic E-state index is 10.8. The van der Waals surface area contributed by atoms with E-state index in [2.05, 4.69) is 36.9 Å². The Morgan fingerprint density at radius 1 is 0.750 bits per heavy atom. The van der Waals surface area contributed by atoms with Crippen LogP contribution in [0, 0.1) is 0 Å². The molecule has 0 fully saturated rings. The third kappa shape index (κ3) is 11.7. The lowest BCUT2D eigenvalue weighted by Crippen LogP contribution is -1.89. The van der Waals surface area contributed by atoms with Gasteiger partial charge >= 0.3 is 0 Å². The predicted molar refractivity (Wildman–Crippen MR) is 108 cm³/mol. The Morgan fingerprint density at radius 2 is 1.21 bits per heavy atom. The molecule has 0 bridgehead atoms. The van der Waals surface area contributed by atoms with Gasteiger partial charge in [0.15, 0.2) is 0 Å². The molecule has 1 nitrogen and oxygen atoms in total. The van der Waals surface area contributed by atoms with Crippen LogP contribution in [0.1, 0.15) is 96.0 Å². The Morgan fingerprint density at radius 3 is 1.71 bits per heavy atom. The van der Waals surface area contributed by atoms with Crippen LogP contribution in [-0.2, 0) is 11.2 Å². The number of carbonyl (C=O) groups excluding carboxylic acids is 1. The lowest BCUT2D eigenvalue weighted by Gasteiger charge is -2.05. The van der Waals surface area contributed by atoms with E-state index in [4.69, 9.17) is 0 Å². The second kappa shape index (κ2) is 14.6. The third-order valence-electron chi connectivity index (χ3n) is 4.72. The van der Waals surface area contributed by atoms with Gasteiger partial charge in [-0.1, -0.05) is 82.4 Å². The molecule has 0 radical (unpaired) electrons. The minimum Gasteiger partial charge on any atom is -0.300 e. The molecule has 0 spiro atoms. The maximum Gasteiger partial charge on any atom is 0.129 e. The highest BCUT2D eigenvalue weighted by Crippen LogP contribution is 2.17. The fraction of sp³-hybridized carbons (Fsp3) is 0.682. The molecular weight excluding hydrogens is 312 g/mol. The van der Waals surface area contributed by atoms with E-state index in [1.54, 1.807) is 6.92 Å². The van der Waals surface area contributed by atoms with Gasteiger partial charge in [0.25, 0.3) is 0 Å². The Kier molecular flexibility index (Phi) is 12.9. The van der Waals surface area contributed by atoms with Crippen molar-refractivity contribution in [3.63, 3.8) is 0 Å². The molecule has 0 aliphatic rings. The summed E-state index contributed by atoms with van der Waals surface area (Å²) in [6, 6.07) is 8.45. The fourth-order valence-corrected chi connectivity index (χ4v) is 3.45. The van der Waals surface area contributed by atoms with Crippen LogP contribution in [0.15, 0.2) is 29.2 Å². The Labute approximate surface area is 155 Å². The van der Waals surface area contributed by atoms with Gasteiger partial charge in [-0.15, -0.1) is 12.6 Å². The third-order valence-corrected chi connectivity index (χ3v) is 5.15. The van der Waals surface area contributed by atoms with Crippen molar-refractivity contribution in [2.45, 2.75) is 102 Å². The summed E-state index contributed by atoms with van der Waals surface area (Å²) in [4.78, 5) is 12.0. The maximum atomic E-state index is 10.8. The van der Waals surface area contributed by atoms with Gasteiger partial charge < -0.3 is 4.79 Å². The van der Waals surface area contributed by atoms with Crippen LogP contribution in [0.2, 0.25) is 0 Å². The summed E-state index contributed by atoms with van der Waals surface area (Å²) in [5, 5.41) is 0. The Hall–Kier alpha value is -0.760. The summed E-state index contributed by atoms with van der Waals surface area (Å²) >= 11 is 4.51. The SMILES string of the molecule is CC(=O)CCCCCCCCCCCCCCc1ccccc1S. The molecule has 0 aromatic heterocycles. The highest BCUT2D eigenvalue weighted by Gasteiger charge is 1.98. The van der Waals surface area contributed by atoms with Gasteiger partial charge in [-0.2, -0.15) is 0 Å². The lowest BCUT2D eigenvalue weighted by molar-refractivity contribution is -0.117. The number of rotatable bonds is 15. The van der Waals surface area contributed by atoms with Gasteiger partial charge in [-0.25, -0.2) is 0 Å². The van der Waals surface area contributed by atoms with E-state index < -0.39 is 0 Å². The lowest BCUT2D eigenvalue weighted by atomic mass is 10.0. The number of ketones is 1. The first-order valence-corrected chi connectivity index (χ1v) is 10.4. The van der Waals surface area contributed by atoms with E-state index in [1.807, 2.05) is 0 Å². The molecule has 1 aromatic carbocycles. The molecule has 1 aromatic rings. The van der Waals surface area contributed by atoms with Crippen LogP contribution in [0.4, 0.5) is 0 Å². The molecule has 0 atom stereocenters. The highest BCUT2D eigenvalue weighted by atomic mass is 32.1. The van der Waals surface area contributed by atoms with Gasteiger partial charge in [-0.05, 0) is 37.8 Å². The number of aryl methyl sites for hydroxylation is 1. The molecule has 136 valence electrons. The van der Waals surface area contributed by atoms with E-state index in [1.165, 1.54) is 82.6 Å². The van der Waals surface area contributed by atoms with Crippen molar-refractivity contribution in [1.82, 2.24) is 0 Å². The van der Waals surface area contributed by atoms with Crippen molar-refractivity contribution in [2.24, 2.45) is 0 Å². The van der Waals surface area contributed by atoms with E-state index in [0.717, 1.165) is 17.7 Å². The van der Waals surface area contributed by atoms with E-state index in [9.17, 15) is 4.79 Å². The fourth-order valence-electron chi connectivity index (χ4n) is 3.18. The smallest absolute Gasteiger partial charge is 0.129 e. The van der Waals surface area contributed by atoms with Crippen LogP contribution >= 0.6 is 12.6 Å². The van der Waals surface area contributed by atoms with Gasteiger partial charge in [0.1, 0.15) is 5.78 Å². The number of hydrogen-bond acceptors (Lipinski definition) is 2. The first-order chi connectivity index (χ1) is 11.7. The molecule has 0 saturated carbocycles. The number of hydrogen-bond donors (Lipinski definition) is 1. The molecule has 1 rings (SSSR count). The molecule has 0 unspecified atom stereocenters. The van der Waals surface area contributed by atoms with Crippen LogP contribution < -0.4 is 0 Å². The molecule has 0 heterocycles. The average Bonchev–Trinajstić information content (AvgIpc) is 2.56. The number of carbonyl (C=O) groups is 1. The van der Waals surface area contributed by atoms with E-state index >= 15 is 0 Å². The quantitative estimate of drug-likeness (QED) is 0.262. The summed E-state index contributed by atoms with van der Waals surface area (Å²) in [6.07, 6.45) is 17.9.